The number of nitrogens with two attached hydrogens (primary N) is 1. The maximum Gasteiger partial charge on any atom is 0.241 e. The number of rotatable bonds is 7. The van der Waals surface area contributed by atoms with Crippen LogP contribution in [0.3, 0.4) is 0 Å². The van der Waals surface area contributed by atoms with Gasteiger partial charge in [0.25, 0.3) is 0 Å². The van der Waals surface area contributed by atoms with Gasteiger partial charge in [0.1, 0.15) is 6.04 Å². The molecule has 1 saturated heterocycles. The summed E-state index contributed by atoms with van der Waals surface area (Å²) < 4.78 is 0. The zero-order chi connectivity index (χ0) is 18.2. The van der Waals surface area contributed by atoms with E-state index in [1.165, 1.54) is 5.56 Å². The Morgan fingerprint density at radius 1 is 0.862 bits per heavy atom. The van der Waals surface area contributed by atoms with E-state index in [9.17, 15) is 4.79 Å². The molecular weight excluding hydrogens is 431 g/mol. The lowest BCUT2D eigenvalue weighted by atomic mass is 10.1. The summed E-state index contributed by atoms with van der Waals surface area (Å²) in [5.74, 6) is -0.112. The number of carbonyl (C=O) groups is 1. The van der Waals surface area contributed by atoms with E-state index in [2.05, 4.69) is 45.4 Å². The molecule has 1 aliphatic heterocycles. The van der Waals surface area contributed by atoms with Crippen LogP contribution in [0.1, 0.15) is 17.2 Å². The summed E-state index contributed by atoms with van der Waals surface area (Å²) in [6, 6.07) is 19.5. The van der Waals surface area contributed by atoms with Crippen LogP contribution in [-0.2, 0) is 11.3 Å². The summed E-state index contributed by atoms with van der Waals surface area (Å²) in [6.45, 7) is 6.71. The third-order valence-corrected chi connectivity index (χ3v) is 4.88. The molecule has 5 nitrogen and oxygen atoms in total. The molecule has 3 rings (SSSR count). The lowest BCUT2D eigenvalue weighted by molar-refractivity contribution is -0.122. The Morgan fingerprint density at radius 2 is 1.38 bits per heavy atom. The van der Waals surface area contributed by atoms with E-state index in [0.717, 1.165) is 44.8 Å². The van der Waals surface area contributed by atoms with Gasteiger partial charge in [-0.15, -0.1) is 37.2 Å². The minimum Gasteiger partial charge on any atom is -0.353 e. The van der Waals surface area contributed by atoms with Crippen molar-refractivity contribution < 1.29 is 4.79 Å². The number of amides is 1. The summed E-state index contributed by atoms with van der Waals surface area (Å²) in [5, 5.41) is 2.96. The van der Waals surface area contributed by atoms with Gasteiger partial charge in [0.05, 0.1) is 0 Å². The number of piperazine rings is 1. The summed E-state index contributed by atoms with van der Waals surface area (Å²) in [4.78, 5) is 17.1. The van der Waals surface area contributed by atoms with Crippen LogP contribution in [0.2, 0.25) is 0 Å². The van der Waals surface area contributed by atoms with Crippen LogP contribution in [-0.4, -0.2) is 55.0 Å². The van der Waals surface area contributed by atoms with Gasteiger partial charge in [0.15, 0.2) is 0 Å². The van der Waals surface area contributed by atoms with Gasteiger partial charge >= 0.3 is 0 Å². The zero-order valence-electron chi connectivity index (χ0n) is 16.4. The predicted octanol–water partition coefficient (Wildman–Crippen LogP) is 2.89. The second-order valence-corrected chi connectivity index (χ2v) is 6.78. The van der Waals surface area contributed by atoms with Crippen LogP contribution in [0.4, 0.5) is 0 Å². The van der Waals surface area contributed by atoms with Gasteiger partial charge in [-0.25, -0.2) is 0 Å². The molecule has 29 heavy (non-hydrogen) atoms. The Balaban J connectivity index is 0.00000261. The molecule has 0 radical (unpaired) electrons. The van der Waals surface area contributed by atoms with Crippen LogP contribution in [0.25, 0.3) is 0 Å². The van der Waals surface area contributed by atoms with Crippen molar-refractivity contribution in [2.45, 2.75) is 12.6 Å². The molecule has 1 amide bonds. The van der Waals surface area contributed by atoms with Crippen LogP contribution in [0.15, 0.2) is 60.7 Å². The Bertz CT molecular complexity index is 683. The Hall–Kier alpha value is -1.34. The molecular formula is C21H31Cl3N4O. The van der Waals surface area contributed by atoms with Gasteiger partial charge in [-0.2, -0.15) is 0 Å². The van der Waals surface area contributed by atoms with Crippen molar-refractivity contribution in [3.63, 3.8) is 0 Å². The maximum atomic E-state index is 12.2. The van der Waals surface area contributed by atoms with E-state index >= 15 is 0 Å². The molecule has 0 bridgehead atoms. The summed E-state index contributed by atoms with van der Waals surface area (Å²) in [6.07, 6.45) is 0. The highest BCUT2D eigenvalue weighted by molar-refractivity contribution is 5.86. The van der Waals surface area contributed by atoms with Gasteiger partial charge in [-0.3, -0.25) is 14.6 Å². The van der Waals surface area contributed by atoms with Crippen molar-refractivity contribution in [2.75, 3.05) is 39.3 Å². The normalized spacial score (nSPS) is 15.2. The highest BCUT2D eigenvalue weighted by Gasteiger charge is 2.18. The average Bonchev–Trinajstić information content (AvgIpc) is 2.70. The molecule has 1 fully saturated rings. The van der Waals surface area contributed by atoms with Gasteiger partial charge in [-0.1, -0.05) is 60.7 Å². The number of hydrogen-bond donors (Lipinski definition) is 2. The Labute approximate surface area is 192 Å². The van der Waals surface area contributed by atoms with E-state index in [-0.39, 0.29) is 43.1 Å². The van der Waals surface area contributed by atoms with Crippen molar-refractivity contribution in [2.24, 2.45) is 5.73 Å². The van der Waals surface area contributed by atoms with E-state index < -0.39 is 6.04 Å². The third-order valence-electron chi connectivity index (χ3n) is 4.88. The monoisotopic (exact) mass is 460 g/mol. The lowest BCUT2D eigenvalue weighted by Gasteiger charge is -2.34. The average molecular weight is 462 g/mol. The van der Waals surface area contributed by atoms with Crippen molar-refractivity contribution in [1.29, 1.82) is 0 Å². The molecule has 1 unspecified atom stereocenters. The first-order valence-electron chi connectivity index (χ1n) is 9.29. The molecule has 3 N–H and O–H groups in total. The minimum atomic E-state index is -0.598. The number of carbonyl (C=O) groups excluding carboxylic acids is 1. The first kappa shape index (κ1) is 27.7. The van der Waals surface area contributed by atoms with Crippen LogP contribution < -0.4 is 11.1 Å². The van der Waals surface area contributed by atoms with E-state index in [1.807, 2.05) is 30.3 Å². The Kier molecular flexibility index (Phi) is 13.9. The summed E-state index contributed by atoms with van der Waals surface area (Å²) in [5.41, 5.74) is 8.23. The second kappa shape index (κ2) is 14.6. The molecule has 0 saturated carbocycles. The zero-order valence-corrected chi connectivity index (χ0v) is 18.9. The van der Waals surface area contributed by atoms with Crippen LogP contribution in [0, 0.1) is 0 Å². The SMILES string of the molecule is Cl.Cl.Cl.NC(C(=O)NCCN1CCN(Cc2ccccc2)CC1)c1ccccc1. The topological polar surface area (TPSA) is 61.6 Å². The maximum absolute atomic E-state index is 12.2. The molecule has 0 aliphatic carbocycles. The molecule has 162 valence electrons. The quantitative estimate of drug-likeness (QED) is 0.665. The highest BCUT2D eigenvalue weighted by Crippen LogP contribution is 2.10. The number of benzene rings is 2. The van der Waals surface area contributed by atoms with Crippen molar-refractivity contribution >= 4 is 43.1 Å². The molecule has 2 aromatic rings. The van der Waals surface area contributed by atoms with Crippen molar-refractivity contribution in [1.82, 2.24) is 15.1 Å². The molecule has 1 aliphatic rings. The number of nitrogens with one attached hydrogen (secondary N) is 1. The molecule has 1 atom stereocenters. The van der Waals surface area contributed by atoms with Gasteiger partial charge in [0, 0.05) is 45.8 Å². The lowest BCUT2D eigenvalue weighted by Crippen LogP contribution is -2.48. The number of nitrogens with zero attached hydrogens (tertiary/aromatic N) is 2. The summed E-state index contributed by atoms with van der Waals surface area (Å²) >= 11 is 0. The Morgan fingerprint density at radius 3 is 1.97 bits per heavy atom. The molecule has 2 aromatic carbocycles. The summed E-state index contributed by atoms with van der Waals surface area (Å²) in [7, 11) is 0. The number of halogens is 3. The molecule has 1 heterocycles. The van der Waals surface area contributed by atoms with Gasteiger partial charge in [0.2, 0.25) is 5.91 Å². The predicted molar refractivity (Wildman–Crippen MR) is 126 cm³/mol. The molecule has 0 spiro atoms. The fourth-order valence-corrected chi connectivity index (χ4v) is 3.27. The van der Waals surface area contributed by atoms with Crippen molar-refractivity contribution in [3.8, 4) is 0 Å². The fourth-order valence-electron chi connectivity index (χ4n) is 3.27. The van der Waals surface area contributed by atoms with Gasteiger partial charge in [-0.05, 0) is 11.1 Å². The fraction of sp³-hybridized carbons (Fsp3) is 0.381. The number of hydrogen-bond acceptors (Lipinski definition) is 4. The van der Waals surface area contributed by atoms with Gasteiger partial charge < -0.3 is 11.1 Å². The standard InChI is InChI=1S/C21H28N4O.3ClH/c22-20(19-9-5-2-6-10-19)21(26)23-11-12-24-13-15-25(16-14-24)17-18-7-3-1-4-8-18;;;/h1-10,20H,11-17,22H2,(H,23,26);3*1H. The first-order valence-corrected chi connectivity index (χ1v) is 9.29. The van der Waals surface area contributed by atoms with E-state index in [4.69, 9.17) is 5.73 Å². The van der Waals surface area contributed by atoms with E-state index in [1.54, 1.807) is 0 Å². The molecule has 8 heteroatoms. The van der Waals surface area contributed by atoms with Crippen LogP contribution >= 0.6 is 37.2 Å². The first-order chi connectivity index (χ1) is 12.7. The smallest absolute Gasteiger partial charge is 0.241 e. The van der Waals surface area contributed by atoms with Crippen LogP contribution in [0.5, 0.6) is 0 Å². The second-order valence-electron chi connectivity index (χ2n) is 6.78. The molecule has 0 aromatic heterocycles. The van der Waals surface area contributed by atoms with E-state index in [0.29, 0.717) is 6.54 Å². The highest BCUT2D eigenvalue weighted by atomic mass is 35.5. The largest absolute Gasteiger partial charge is 0.353 e. The van der Waals surface area contributed by atoms with Crippen molar-refractivity contribution in [3.05, 3.63) is 71.8 Å². The minimum absolute atomic E-state index is 0. The third kappa shape index (κ3) is 8.91.